The van der Waals surface area contributed by atoms with Gasteiger partial charge in [-0.2, -0.15) is 17.5 Å². The monoisotopic (exact) mass is 467 g/mol. The predicted molar refractivity (Wildman–Crippen MR) is 116 cm³/mol. The van der Waals surface area contributed by atoms with E-state index in [9.17, 15) is 26.4 Å². The zero-order valence-corrected chi connectivity index (χ0v) is 18.3. The number of likely N-dealkylation sites (N-methyl/N-ethyl adjacent to an activating group) is 1. The molecular formula is C22H24F3N3O3S. The Hall–Kier alpha value is -2.69. The maximum atomic E-state index is 13.4. The van der Waals surface area contributed by atoms with Crippen LogP contribution in [0.5, 0.6) is 0 Å². The first-order valence-electron chi connectivity index (χ1n) is 10.1. The van der Waals surface area contributed by atoms with Crippen LogP contribution in [0.25, 0.3) is 5.57 Å². The minimum Gasteiger partial charge on any atom is -0.322 e. The van der Waals surface area contributed by atoms with Crippen molar-refractivity contribution in [3.05, 3.63) is 66.2 Å². The SMILES string of the molecule is CCN1CCN(S(=O)(=O)c2cccc(NC(=O)/C=C(/c3ccccc3)C(F)(F)F)c2)CC1. The van der Waals surface area contributed by atoms with Gasteiger partial charge in [-0.15, -0.1) is 0 Å². The smallest absolute Gasteiger partial charge is 0.322 e. The first-order chi connectivity index (χ1) is 15.1. The van der Waals surface area contributed by atoms with Crippen LogP contribution in [0.2, 0.25) is 0 Å². The fourth-order valence-electron chi connectivity index (χ4n) is 3.43. The summed E-state index contributed by atoms with van der Waals surface area (Å²) in [4.78, 5) is 14.4. The van der Waals surface area contributed by atoms with Crippen molar-refractivity contribution in [1.82, 2.24) is 9.21 Å². The molecule has 0 unspecified atom stereocenters. The average Bonchev–Trinajstić information content (AvgIpc) is 2.77. The van der Waals surface area contributed by atoms with E-state index in [-0.39, 0.29) is 16.1 Å². The number of hydrogen-bond acceptors (Lipinski definition) is 4. The van der Waals surface area contributed by atoms with Crippen molar-refractivity contribution in [1.29, 1.82) is 0 Å². The number of sulfonamides is 1. The van der Waals surface area contributed by atoms with Crippen molar-refractivity contribution in [2.75, 3.05) is 38.0 Å². The summed E-state index contributed by atoms with van der Waals surface area (Å²) >= 11 is 0. The second-order valence-electron chi connectivity index (χ2n) is 7.28. The Bertz CT molecular complexity index is 1080. The number of allylic oxidation sites excluding steroid dienone is 1. The van der Waals surface area contributed by atoms with Crippen molar-refractivity contribution in [2.24, 2.45) is 0 Å². The Morgan fingerprint density at radius 2 is 1.69 bits per heavy atom. The Morgan fingerprint density at radius 3 is 2.28 bits per heavy atom. The number of carbonyl (C=O) groups excluding carboxylic acids is 1. The predicted octanol–water partition coefficient (Wildman–Crippen LogP) is 3.60. The van der Waals surface area contributed by atoms with Crippen LogP contribution >= 0.6 is 0 Å². The fraction of sp³-hybridized carbons (Fsp3) is 0.318. The van der Waals surface area contributed by atoms with Gasteiger partial charge in [-0.3, -0.25) is 4.79 Å². The molecule has 1 heterocycles. The Kier molecular flexibility index (Phi) is 7.37. The third-order valence-electron chi connectivity index (χ3n) is 5.18. The number of carbonyl (C=O) groups is 1. The van der Waals surface area contributed by atoms with Crippen LogP contribution in [-0.4, -0.2) is 62.4 Å². The lowest BCUT2D eigenvalue weighted by atomic mass is 10.1. The summed E-state index contributed by atoms with van der Waals surface area (Å²) in [7, 11) is -3.78. The molecule has 32 heavy (non-hydrogen) atoms. The zero-order valence-electron chi connectivity index (χ0n) is 17.5. The van der Waals surface area contributed by atoms with Crippen LogP contribution in [0.15, 0.2) is 65.6 Å². The molecule has 1 fully saturated rings. The minimum absolute atomic E-state index is 0.0247. The van der Waals surface area contributed by atoms with Gasteiger partial charge in [0.25, 0.3) is 0 Å². The van der Waals surface area contributed by atoms with E-state index in [0.717, 1.165) is 6.54 Å². The molecule has 0 spiro atoms. The summed E-state index contributed by atoms with van der Waals surface area (Å²) in [5, 5.41) is 2.34. The highest BCUT2D eigenvalue weighted by Gasteiger charge is 2.35. The topological polar surface area (TPSA) is 69.7 Å². The van der Waals surface area contributed by atoms with Gasteiger partial charge < -0.3 is 10.2 Å². The van der Waals surface area contributed by atoms with Gasteiger partial charge in [-0.25, -0.2) is 8.42 Å². The van der Waals surface area contributed by atoms with Crippen LogP contribution in [0.4, 0.5) is 18.9 Å². The Balaban J connectivity index is 1.79. The van der Waals surface area contributed by atoms with Crippen LogP contribution in [0, 0.1) is 0 Å². The molecule has 6 nitrogen and oxygen atoms in total. The highest BCUT2D eigenvalue weighted by molar-refractivity contribution is 7.89. The second kappa shape index (κ2) is 9.85. The number of nitrogens with one attached hydrogen (secondary N) is 1. The number of hydrogen-bond donors (Lipinski definition) is 1. The maximum absolute atomic E-state index is 13.4. The van der Waals surface area contributed by atoms with Crippen molar-refractivity contribution >= 4 is 27.2 Å². The van der Waals surface area contributed by atoms with E-state index in [1.54, 1.807) is 6.07 Å². The summed E-state index contributed by atoms with van der Waals surface area (Å²) < 4.78 is 67.6. The van der Waals surface area contributed by atoms with Gasteiger partial charge in [-0.1, -0.05) is 43.3 Å². The molecule has 0 radical (unpaired) electrons. The molecule has 1 saturated heterocycles. The average molecular weight is 468 g/mol. The normalized spacial score (nSPS) is 16.7. The van der Waals surface area contributed by atoms with E-state index < -0.39 is 27.7 Å². The molecule has 1 amide bonds. The van der Waals surface area contributed by atoms with Gasteiger partial charge >= 0.3 is 6.18 Å². The van der Waals surface area contributed by atoms with E-state index in [4.69, 9.17) is 0 Å². The van der Waals surface area contributed by atoms with Gasteiger partial charge in [0, 0.05) is 37.9 Å². The summed E-state index contributed by atoms with van der Waals surface area (Å²) in [6, 6.07) is 12.5. The Labute approximate surface area is 185 Å². The Morgan fingerprint density at radius 1 is 1.03 bits per heavy atom. The molecule has 1 aliphatic rings. The van der Waals surface area contributed by atoms with E-state index in [0.29, 0.717) is 32.3 Å². The number of halogens is 3. The zero-order chi connectivity index (χ0) is 23.4. The molecule has 2 aromatic rings. The van der Waals surface area contributed by atoms with Crippen molar-refractivity contribution < 1.29 is 26.4 Å². The number of anilines is 1. The number of rotatable bonds is 6. The minimum atomic E-state index is -4.73. The largest absolute Gasteiger partial charge is 0.417 e. The molecule has 2 aromatic carbocycles. The number of benzene rings is 2. The lowest BCUT2D eigenvalue weighted by Gasteiger charge is -2.33. The van der Waals surface area contributed by atoms with Crippen molar-refractivity contribution in [2.45, 2.75) is 18.0 Å². The number of amides is 1. The molecule has 1 aliphatic heterocycles. The van der Waals surface area contributed by atoms with Crippen LogP contribution in [-0.2, 0) is 14.8 Å². The molecule has 0 aromatic heterocycles. The first kappa shape index (κ1) is 24.0. The van der Waals surface area contributed by atoms with Gasteiger partial charge in [0.1, 0.15) is 0 Å². The molecule has 10 heteroatoms. The second-order valence-corrected chi connectivity index (χ2v) is 9.22. The lowest BCUT2D eigenvalue weighted by molar-refractivity contribution is -0.112. The van der Waals surface area contributed by atoms with Gasteiger partial charge in [0.2, 0.25) is 15.9 Å². The number of piperazine rings is 1. The summed E-state index contributed by atoms with van der Waals surface area (Å²) in [5.41, 5.74) is -1.14. The first-order valence-corrected chi connectivity index (χ1v) is 11.5. The lowest BCUT2D eigenvalue weighted by Crippen LogP contribution is -2.48. The van der Waals surface area contributed by atoms with E-state index in [1.165, 1.54) is 52.8 Å². The molecule has 3 rings (SSSR count). The molecule has 172 valence electrons. The van der Waals surface area contributed by atoms with Gasteiger partial charge in [-0.05, 0) is 30.3 Å². The van der Waals surface area contributed by atoms with E-state index in [2.05, 4.69) is 10.2 Å². The van der Waals surface area contributed by atoms with E-state index >= 15 is 0 Å². The summed E-state index contributed by atoms with van der Waals surface area (Å²) in [6.45, 7) is 4.79. The van der Waals surface area contributed by atoms with Crippen LogP contribution < -0.4 is 5.32 Å². The quantitative estimate of drug-likeness (QED) is 0.660. The molecule has 0 atom stereocenters. The molecular weight excluding hydrogens is 443 g/mol. The number of nitrogens with zero attached hydrogens (tertiary/aromatic N) is 2. The van der Waals surface area contributed by atoms with Gasteiger partial charge in [0.05, 0.1) is 10.5 Å². The highest BCUT2D eigenvalue weighted by Crippen LogP contribution is 2.33. The molecule has 0 bridgehead atoms. The van der Waals surface area contributed by atoms with E-state index in [1.807, 2.05) is 6.92 Å². The van der Waals surface area contributed by atoms with Crippen LogP contribution in [0.3, 0.4) is 0 Å². The van der Waals surface area contributed by atoms with Gasteiger partial charge in [0.15, 0.2) is 0 Å². The maximum Gasteiger partial charge on any atom is 0.417 e. The fourth-order valence-corrected chi connectivity index (χ4v) is 4.89. The standard InChI is InChI=1S/C22H24F3N3O3S/c1-2-27-11-13-28(14-12-27)32(30,31)19-10-6-9-18(15-19)26-21(29)16-20(22(23,24)25)17-7-4-3-5-8-17/h3-10,15-16H,2,11-14H2,1H3,(H,26,29)/b20-16-. The third kappa shape index (κ3) is 5.76. The summed E-state index contributed by atoms with van der Waals surface area (Å²) in [5.74, 6) is -1.01. The third-order valence-corrected chi connectivity index (χ3v) is 7.08. The number of alkyl halides is 3. The van der Waals surface area contributed by atoms with Crippen molar-refractivity contribution in [3.63, 3.8) is 0 Å². The molecule has 1 N–H and O–H groups in total. The van der Waals surface area contributed by atoms with Crippen LogP contribution in [0.1, 0.15) is 12.5 Å². The molecule has 0 aliphatic carbocycles. The summed E-state index contributed by atoms with van der Waals surface area (Å²) in [6.07, 6.45) is -4.26. The van der Waals surface area contributed by atoms with Crippen molar-refractivity contribution in [3.8, 4) is 0 Å². The highest BCUT2D eigenvalue weighted by atomic mass is 32.2. The molecule has 0 saturated carbocycles.